The Morgan fingerprint density at radius 1 is 1.39 bits per heavy atom. The number of aromatic nitrogens is 3. The Balaban J connectivity index is 1.69. The molecule has 1 fully saturated rings. The molecule has 0 atom stereocenters. The van der Waals surface area contributed by atoms with E-state index in [1.807, 2.05) is 20.8 Å². The van der Waals surface area contributed by atoms with E-state index in [-0.39, 0.29) is 36.3 Å². The third-order valence-electron chi connectivity index (χ3n) is 4.08. The maximum absolute atomic E-state index is 13.1. The van der Waals surface area contributed by atoms with Crippen molar-refractivity contribution in [2.45, 2.75) is 64.3 Å². The van der Waals surface area contributed by atoms with Crippen LogP contribution in [0.3, 0.4) is 0 Å². The first-order valence-electron chi connectivity index (χ1n) is 8.00. The zero-order valence-electron chi connectivity index (χ0n) is 13.9. The van der Waals surface area contributed by atoms with E-state index in [9.17, 15) is 13.6 Å². The smallest absolute Gasteiger partial charge is 0.321 e. The number of nitrogens with one attached hydrogen (secondary N) is 2. The molecule has 0 aromatic carbocycles. The van der Waals surface area contributed by atoms with Gasteiger partial charge in [0.1, 0.15) is 6.33 Å². The molecule has 2 rings (SSSR count). The van der Waals surface area contributed by atoms with E-state index >= 15 is 0 Å². The predicted molar refractivity (Wildman–Crippen MR) is 83.6 cm³/mol. The minimum Gasteiger partial charge on any atom is -0.338 e. The highest BCUT2D eigenvalue weighted by molar-refractivity contribution is 5.87. The van der Waals surface area contributed by atoms with Crippen LogP contribution in [0.1, 0.15) is 52.9 Å². The van der Waals surface area contributed by atoms with E-state index in [0.717, 1.165) is 0 Å². The lowest BCUT2D eigenvalue weighted by atomic mass is 9.85. The Hall–Kier alpha value is -1.73. The molecular formula is C15H25F2N5O. The zero-order valence-corrected chi connectivity index (χ0v) is 13.9. The fourth-order valence-corrected chi connectivity index (χ4v) is 2.57. The minimum atomic E-state index is -2.50. The van der Waals surface area contributed by atoms with Crippen LogP contribution in [0.4, 0.5) is 19.5 Å². The standard InChI is InChI=1S/C15H25F2N5O/c1-14(2,3)22-10-19-12(21-22)20-13(23)18-9-6-11-4-7-15(16,17)8-5-11/h10-11H,4-9H2,1-3H3,(H2,18,20,21,23). The van der Waals surface area contributed by atoms with E-state index in [0.29, 0.717) is 25.8 Å². The van der Waals surface area contributed by atoms with Crippen molar-refractivity contribution in [2.24, 2.45) is 5.92 Å². The average molecular weight is 329 g/mol. The normalized spacial score (nSPS) is 18.7. The van der Waals surface area contributed by atoms with Crippen LogP contribution >= 0.6 is 0 Å². The van der Waals surface area contributed by atoms with Crippen molar-refractivity contribution in [3.8, 4) is 0 Å². The van der Waals surface area contributed by atoms with Crippen LogP contribution < -0.4 is 10.6 Å². The van der Waals surface area contributed by atoms with Gasteiger partial charge in [-0.1, -0.05) is 0 Å². The van der Waals surface area contributed by atoms with Crippen molar-refractivity contribution in [1.82, 2.24) is 20.1 Å². The van der Waals surface area contributed by atoms with E-state index in [4.69, 9.17) is 0 Å². The van der Waals surface area contributed by atoms with Crippen LogP contribution in [0.2, 0.25) is 0 Å². The summed E-state index contributed by atoms with van der Waals surface area (Å²) in [5.41, 5.74) is -0.202. The van der Waals surface area contributed by atoms with Crippen molar-refractivity contribution in [1.29, 1.82) is 0 Å². The lowest BCUT2D eigenvalue weighted by molar-refractivity contribution is -0.0463. The van der Waals surface area contributed by atoms with Crippen LogP contribution in [0.25, 0.3) is 0 Å². The molecule has 130 valence electrons. The summed E-state index contributed by atoms with van der Waals surface area (Å²) < 4.78 is 27.8. The van der Waals surface area contributed by atoms with Gasteiger partial charge in [0.05, 0.1) is 5.54 Å². The van der Waals surface area contributed by atoms with Crippen LogP contribution in [0.15, 0.2) is 6.33 Å². The van der Waals surface area contributed by atoms with Gasteiger partial charge in [0.2, 0.25) is 11.9 Å². The molecule has 2 N–H and O–H groups in total. The van der Waals surface area contributed by atoms with Crippen molar-refractivity contribution in [3.05, 3.63) is 6.33 Å². The average Bonchev–Trinajstić information content (AvgIpc) is 2.89. The Labute approximate surface area is 135 Å². The summed E-state index contributed by atoms with van der Waals surface area (Å²) in [6, 6.07) is -0.377. The third kappa shape index (κ3) is 5.44. The van der Waals surface area contributed by atoms with Crippen molar-refractivity contribution < 1.29 is 13.6 Å². The summed E-state index contributed by atoms with van der Waals surface area (Å²) in [7, 11) is 0. The fourth-order valence-electron chi connectivity index (χ4n) is 2.57. The number of carbonyl (C=O) groups excluding carboxylic acids is 1. The Bertz CT molecular complexity index is 528. The summed E-state index contributed by atoms with van der Waals surface area (Å²) in [4.78, 5) is 15.8. The number of nitrogens with zero attached hydrogens (tertiary/aromatic N) is 3. The molecule has 23 heavy (non-hydrogen) atoms. The SMILES string of the molecule is CC(C)(C)n1cnc(NC(=O)NCCC2CCC(F)(F)CC2)n1. The van der Waals surface area contributed by atoms with Crippen molar-refractivity contribution >= 4 is 12.0 Å². The van der Waals surface area contributed by atoms with Gasteiger partial charge in [-0.05, 0) is 46.0 Å². The molecule has 1 aliphatic carbocycles. The number of hydrogen-bond acceptors (Lipinski definition) is 3. The van der Waals surface area contributed by atoms with Gasteiger partial charge in [-0.3, -0.25) is 5.32 Å². The number of hydrogen-bond donors (Lipinski definition) is 2. The van der Waals surface area contributed by atoms with Crippen LogP contribution in [-0.4, -0.2) is 33.3 Å². The van der Waals surface area contributed by atoms with Crippen LogP contribution in [0.5, 0.6) is 0 Å². The maximum atomic E-state index is 13.1. The van der Waals surface area contributed by atoms with Gasteiger partial charge in [0.25, 0.3) is 0 Å². The first-order valence-corrected chi connectivity index (χ1v) is 8.00. The van der Waals surface area contributed by atoms with Crippen molar-refractivity contribution in [3.63, 3.8) is 0 Å². The highest BCUT2D eigenvalue weighted by Gasteiger charge is 2.34. The Kier molecular flexibility index (Phi) is 5.21. The molecule has 2 amide bonds. The summed E-state index contributed by atoms with van der Waals surface area (Å²) in [5.74, 6) is -2.00. The predicted octanol–water partition coefficient (Wildman–Crippen LogP) is 3.37. The van der Waals surface area contributed by atoms with Crippen LogP contribution in [-0.2, 0) is 5.54 Å². The molecule has 8 heteroatoms. The molecule has 0 aliphatic heterocycles. The topological polar surface area (TPSA) is 71.8 Å². The van der Waals surface area contributed by atoms with Gasteiger partial charge < -0.3 is 5.32 Å². The van der Waals surface area contributed by atoms with Gasteiger partial charge >= 0.3 is 6.03 Å². The van der Waals surface area contributed by atoms with Gasteiger partial charge in [0, 0.05) is 19.4 Å². The first-order chi connectivity index (χ1) is 10.7. The number of urea groups is 1. The molecule has 1 saturated carbocycles. The van der Waals surface area contributed by atoms with E-state index in [2.05, 4.69) is 20.7 Å². The molecule has 1 heterocycles. The molecule has 0 spiro atoms. The summed E-state index contributed by atoms with van der Waals surface area (Å²) in [5, 5.41) is 9.48. The van der Waals surface area contributed by atoms with Gasteiger partial charge in [-0.15, -0.1) is 5.10 Å². The third-order valence-corrected chi connectivity index (χ3v) is 4.08. The maximum Gasteiger partial charge on any atom is 0.321 e. The van der Waals surface area contributed by atoms with E-state index < -0.39 is 5.92 Å². The van der Waals surface area contributed by atoms with Gasteiger partial charge in [-0.2, -0.15) is 0 Å². The number of halogens is 2. The number of alkyl halides is 2. The second-order valence-electron chi connectivity index (χ2n) is 7.15. The lowest BCUT2D eigenvalue weighted by Gasteiger charge is -2.28. The molecule has 0 bridgehead atoms. The zero-order chi connectivity index (χ0) is 17.1. The fraction of sp³-hybridized carbons (Fsp3) is 0.800. The highest BCUT2D eigenvalue weighted by Crippen LogP contribution is 2.37. The number of rotatable bonds is 4. The molecule has 1 aliphatic rings. The minimum absolute atomic E-state index is 0.0436. The highest BCUT2D eigenvalue weighted by atomic mass is 19.3. The molecular weight excluding hydrogens is 304 g/mol. The molecule has 0 saturated heterocycles. The molecule has 0 radical (unpaired) electrons. The van der Waals surface area contributed by atoms with Crippen LogP contribution in [0, 0.1) is 5.92 Å². The van der Waals surface area contributed by atoms with E-state index in [1.54, 1.807) is 11.0 Å². The quantitative estimate of drug-likeness (QED) is 0.889. The Morgan fingerprint density at radius 3 is 2.61 bits per heavy atom. The Morgan fingerprint density at radius 2 is 2.04 bits per heavy atom. The van der Waals surface area contributed by atoms with Gasteiger partial charge in [-0.25, -0.2) is 23.2 Å². The summed E-state index contributed by atoms with van der Waals surface area (Å²) in [6.45, 7) is 6.42. The number of anilines is 1. The molecule has 6 nitrogen and oxygen atoms in total. The van der Waals surface area contributed by atoms with E-state index in [1.165, 1.54) is 0 Å². The monoisotopic (exact) mass is 329 g/mol. The lowest BCUT2D eigenvalue weighted by Crippen LogP contribution is -2.32. The number of carbonyl (C=O) groups is 1. The molecule has 1 aromatic rings. The molecule has 0 unspecified atom stereocenters. The second kappa shape index (κ2) is 6.80. The largest absolute Gasteiger partial charge is 0.338 e. The van der Waals surface area contributed by atoms with Gasteiger partial charge in [0.15, 0.2) is 0 Å². The number of amides is 2. The molecule has 1 aromatic heterocycles. The summed E-state index contributed by atoms with van der Waals surface area (Å²) in [6.07, 6.45) is 3.24. The summed E-state index contributed by atoms with van der Waals surface area (Å²) >= 11 is 0. The second-order valence-corrected chi connectivity index (χ2v) is 7.15. The first kappa shape index (κ1) is 17.6. The van der Waals surface area contributed by atoms with Crippen molar-refractivity contribution in [2.75, 3.05) is 11.9 Å².